The van der Waals surface area contributed by atoms with E-state index in [4.69, 9.17) is 14.2 Å². The van der Waals surface area contributed by atoms with Gasteiger partial charge in [-0.3, -0.25) is 14.8 Å². The summed E-state index contributed by atoms with van der Waals surface area (Å²) in [5, 5.41) is 1.20. The van der Waals surface area contributed by atoms with Gasteiger partial charge >= 0.3 is 0 Å². The Bertz CT molecular complexity index is 801. The van der Waals surface area contributed by atoms with Crippen LogP contribution in [0.15, 0.2) is 24.4 Å². The maximum atomic E-state index is 6.18. The largest absolute Gasteiger partial charge is 0.475 e. The topological polar surface area (TPSA) is 47.1 Å². The second-order valence-electron chi connectivity index (χ2n) is 7.73. The van der Waals surface area contributed by atoms with Crippen LogP contribution in [0.5, 0.6) is 5.75 Å². The standard InChI is InChI=1S/C21H27N3O3/c1-4-19-16(12-23-6-9-25-10-7-23)11-17-13-24(14-18-3-2-8-26-18)15-27-21(17)20(19)22-5-1/h1,4-5,11,18H,2-3,6-10,12-15H2. The van der Waals surface area contributed by atoms with E-state index in [1.54, 1.807) is 0 Å². The second kappa shape index (κ2) is 7.72. The third-order valence-corrected chi connectivity index (χ3v) is 5.78. The number of benzene rings is 1. The smallest absolute Gasteiger partial charge is 0.152 e. The highest BCUT2D eigenvalue weighted by Gasteiger charge is 2.26. The average molecular weight is 369 g/mol. The fraction of sp³-hybridized carbons (Fsp3) is 0.571. The van der Waals surface area contributed by atoms with Gasteiger partial charge in [0, 0.05) is 56.5 Å². The lowest BCUT2D eigenvalue weighted by Crippen LogP contribution is -2.38. The summed E-state index contributed by atoms with van der Waals surface area (Å²) >= 11 is 0. The Morgan fingerprint density at radius 3 is 2.93 bits per heavy atom. The zero-order chi connectivity index (χ0) is 18.1. The SMILES string of the molecule is c1cnc2c3c(cc(CN4CCOCC4)c2c1)CN(CC1CCCO1)CO3. The minimum Gasteiger partial charge on any atom is -0.475 e. The van der Waals surface area contributed by atoms with Gasteiger partial charge in [0.05, 0.1) is 19.3 Å². The quantitative estimate of drug-likeness (QED) is 0.825. The zero-order valence-corrected chi connectivity index (χ0v) is 15.7. The minimum absolute atomic E-state index is 0.349. The first-order valence-electron chi connectivity index (χ1n) is 10.0. The summed E-state index contributed by atoms with van der Waals surface area (Å²) in [5.74, 6) is 0.958. The normalized spacial score (nSPS) is 24.1. The molecule has 0 aliphatic carbocycles. The van der Waals surface area contributed by atoms with Crippen LogP contribution < -0.4 is 4.74 Å². The Hall–Kier alpha value is -1.73. The lowest BCUT2D eigenvalue weighted by molar-refractivity contribution is 0.0282. The molecular weight excluding hydrogens is 342 g/mol. The summed E-state index contributed by atoms with van der Waals surface area (Å²) in [6, 6.07) is 6.51. The molecule has 1 aromatic heterocycles. The number of ether oxygens (including phenoxy) is 3. The van der Waals surface area contributed by atoms with Crippen molar-refractivity contribution in [1.29, 1.82) is 0 Å². The van der Waals surface area contributed by atoms with Crippen molar-refractivity contribution >= 4 is 10.9 Å². The summed E-state index contributed by atoms with van der Waals surface area (Å²) in [6.07, 6.45) is 4.55. The third-order valence-electron chi connectivity index (χ3n) is 5.78. The highest BCUT2D eigenvalue weighted by atomic mass is 16.5. The predicted octanol–water partition coefficient (Wildman–Crippen LogP) is 2.40. The molecule has 0 saturated carbocycles. The number of nitrogens with zero attached hydrogens (tertiary/aromatic N) is 3. The molecule has 0 N–H and O–H groups in total. The van der Waals surface area contributed by atoms with E-state index in [0.717, 1.165) is 70.2 Å². The van der Waals surface area contributed by atoms with Crippen LogP contribution >= 0.6 is 0 Å². The molecule has 4 heterocycles. The molecule has 1 atom stereocenters. The van der Waals surface area contributed by atoms with Gasteiger partial charge in [-0.1, -0.05) is 6.07 Å². The number of hydrogen-bond acceptors (Lipinski definition) is 6. The van der Waals surface area contributed by atoms with Crippen LogP contribution in [0.25, 0.3) is 10.9 Å². The van der Waals surface area contributed by atoms with Gasteiger partial charge < -0.3 is 14.2 Å². The van der Waals surface area contributed by atoms with Crippen LogP contribution in [0.2, 0.25) is 0 Å². The Morgan fingerprint density at radius 1 is 1.15 bits per heavy atom. The molecule has 0 amide bonds. The molecule has 2 aromatic rings. The molecule has 2 fully saturated rings. The molecule has 3 aliphatic heterocycles. The minimum atomic E-state index is 0.349. The predicted molar refractivity (Wildman–Crippen MR) is 103 cm³/mol. The third kappa shape index (κ3) is 3.67. The lowest BCUT2D eigenvalue weighted by atomic mass is 10.0. The van der Waals surface area contributed by atoms with Crippen LogP contribution in [0.3, 0.4) is 0 Å². The molecule has 6 heteroatoms. The molecule has 0 spiro atoms. The Labute approximate surface area is 160 Å². The van der Waals surface area contributed by atoms with E-state index in [2.05, 4.69) is 26.9 Å². The molecule has 3 aliphatic rings. The first-order valence-corrected chi connectivity index (χ1v) is 10.0. The number of pyridine rings is 1. The first kappa shape index (κ1) is 17.4. The van der Waals surface area contributed by atoms with Gasteiger partial charge in [0.1, 0.15) is 12.2 Å². The van der Waals surface area contributed by atoms with Gasteiger partial charge in [0.15, 0.2) is 5.75 Å². The van der Waals surface area contributed by atoms with Crippen molar-refractivity contribution in [3.63, 3.8) is 0 Å². The van der Waals surface area contributed by atoms with Crippen molar-refractivity contribution in [2.24, 2.45) is 0 Å². The van der Waals surface area contributed by atoms with Crippen LogP contribution in [-0.2, 0) is 22.6 Å². The molecule has 1 unspecified atom stereocenters. The van der Waals surface area contributed by atoms with E-state index in [0.29, 0.717) is 12.8 Å². The maximum absolute atomic E-state index is 6.18. The van der Waals surface area contributed by atoms with E-state index >= 15 is 0 Å². The molecule has 6 nitrogen and oxygen atoms in total. The van der Waals surface area contributed by atoms with Crippen LogP contribution in [0.1, 0.15) is 24.0 Å². The van der Waals surface area contributed by atoms with Gasteiger partial charge in [-0.2, -0.15) is 0 Å². The lowest BCUT2D eigenvalue weighted by Gasteiger charge is -2.32. The Kier molecular flexibility index (Phi) is 4.97. The Morgan fingerprint density at radius 2 is 2.07 bits per heavy atom. The number of rotatable bonds is 4. The van der Waals surface area contributed by atoms with Crippen molar-refractivity contribution in [1.82, 2.24) is 14.8 Å². The first-order chi connectivity index (χ1) is 13.4. The van der Waals surface area contributed by atoms with Crippen molar-refractivity contribution in [3.05, 3.63) is 35.5 Å². The summed E-state index contributed by atoms with van der Waals surface area (Å²) in [5.41, 5.74) is 3.57. The van der Waals surface area contributed by atoms with E-state index in [1.165, 1.54) is 22.9 Å². The van der Waals surface area contributed by atoms with E-state index in [9.17, 15) is 0 Å². The zero-order valence-electron chi connectivity index (χ0n) is 15.7. The van der Waals surface area contributed by atoms with E-state index < -0.39 is 0 Å². The van der Waals surface area contributed by atoms with Crippen molar-refractivity contribution < 1.29 is 14.2 Å². The van der Waals surface area contributed by atoms with E-state index in [1.807, 2.05) is 12.3 Å². The fourth-order valence-electron chi connectivity index (χ4n) is 4.40. The van der Waals surface area contributed by atoms with Crippen LogP contribution in [0.4, 0.5) is 0 Å². The molecule has 1 aromatic carbocycles. The molecule has 2 saturated heterocycles. The molecular formula is C21H27N3O3. The maximum Gasteiger partial charge on any atom is 0.152 e. The van der Waals surface area contributed by atoms with E-state index in [-0.39, 0.29) is 0 Å². The fourth-order valence-corrected chi connectivity index (χ4v) is 4.40. The van der Waals surface area contributed by atoms with Gasteiger partial charge in [-0.25, -0.2) is 0 Å². The molecule has 27 heavy (non-hydrogen) atoms. The molecule has 0 radical (unpaired) electrons. The molecule has 0 bridgehead atoms. The van der Waals surface area contributed by atoms with Crippen molar-refractivity contribution in [2.75, 3.05) is 46.2 Å². The van der Waals surface area contributed by atoms with Gasteiger partial charge in [0.25, 0.3) is 0 Å². The Balaban J connectivity index is 1.43. The number of hydrogen-bond donors (Lipinski definition) is 0. The number of morpholine rings is 1. The van der Waals surface area contributed by atoms with Crippen molar-refractivity contribution in [3.8, 4) is 5.75 Å². The molecule has 5 rings (SSSR count). The monoisotopic (exact) mass is 369 g/mol. The van der Waals surface area contributed by atoms with Gasteiger partial charge in [-0.05, 0) is 30.5 Å². The molecule has 144 valence electrons. The van der Waals surface area contributed by atoms with Crippen molar-refractivity contribution in [2.45, 2.75) is 32.0 Å². The average Bonchev–Trinajstić information content (AvgIpc) is 3.22. The van der Waals surface area contributed by atoms with Gasteiger partial charge in [0.2, 0.25) is 0 Å². The highest BCUT2D eigenvalue weighted by molar-refractivity contribution is 5.89. The summed E-state index contributed by atoms with van der Waals surface area (Å²) in [6.45, 7) is 7.90. The van der Waals surface area contributed by atoms with Crippen LogP contribution in [-0.4, -0.2) is 67.1 Å². The summed E-state index contributed by atoms with van der Waals surface area (Å²) in [7, 11) is 0. The number of fused-ring (bicyclic) bond motifs is 3. The summed E-state index contributed by atoms with van der Waals surface area (Å²) in [4.78, 5) is 9.48. The van der Waals surface area contributed by atoms with Crippen LogP contribution in [0, 0.1) is 0 Å². The number of aromatic nitrogens is 1. The van der Waals surface area contributed by atoms with Gasteiger partial charge in [-0.15, -0.1) is 0 Å². The highest BCUT2D eigenvalue weighted by Crippen LogP contribution is 2.35. The summed E-state index contributed by atoms with van der Waals surface area (Å²) < 4.78 is 17.5. The second-order valence-corrected chi connectivity index (χ2v) is 7.73.